The number of nitrogens with zero attached hydrogens (tertiary/aromatic N) is 2. The summed E-state index contributed by atoms with van der Waals surface area (Å²) in [5.41, 5.74) is 2.31. The van der Waals surface area contributed by atoms with E-state index in [4.69, 9.17) is 26.4 Å². The average Bonchev–Trinajstić information content (AvgIpc) is 3.08. The second kappa shape index (κ2) is 7.82. The summed E-state index contributed by atoms with van der Waals surface area (Å²) in [6.45, 7) is 2.36. The van der Waals surface area contributed by atoms with Gasteiger partial charge in [0.2, 0.25) is 5.91 Å². The summed E-state index contributed by atoms with van der Waals surface area (Å²) < 4.78 is 7.25. The van der Waals surface area contributed by atoms with Gasteiger partial charge in [-0.05, 0) is 24.3 Å². The number of thiophene rings is 1. The Morgan fingerprint density at radius 1 is 1.30 bits per heavy atom. The molecule has 27 heavy (non-hydrogen) atoms. The van der Waals surface area contributed by atoms with Gasteiger partial charge in [0.25, 0.3) is 0 Å². The Hall–Kier alpha value is -2.19. The maximum absolute atomic E-state index is 11.5. The first kappa shape index (κ1) is 18.2. The van der Waals surface area contributed by atoms with E-state index in [1.165, 1.54) is 11.3 Å². The second-order valence-electron chi connectivity index (χ2n) is 6.18. The van der Waals surface area contributed by atoms with E-state index in [9.17, 15) is 4.79 Å². The highest BCUT2D eigenvalue weighted by molar-refractivity contribution is 7.22. The van der Waals surface area contributed by atoms with Crippen molar-refractivity contribution in [2.75, 3.05) is 43.1 Å². The predicted octanol–water partition coefficient (Wildman–Crippen LogP) is 3.38. The van der Waals surface area contributed by atoms with Gasteiger partial charge in [0.1, 0.15) is 12.4 Å². The topological polar surface area (TPSA) is 74.7 Å². The number of rotatable bonds is 4. The summed E-state index contributed by atoms with van der Waals surface area (Å²) in [5.74, 6) is 0.452. The highest BCUT2D eigenvalue weighted by atomic mass is 35.5. The largest absolute Gasteiger partial charge is 0.387 e. The zero-order valence-electron chi connectivity index (χ0n) is 14.4. The number of amides is 1. The van der Waals surface area contributed by atoms with Crippen LogP contribution in [-0.2, 0) is 9.53 Å². The maximum atomic E-state index is 11.5. The van der Waals surface area contributed by atoms with E-state index >= 15 is 0 Å². The number of ether oxygens (including phenoxy) is 1. The van der Waals surface area contributed by atoms with Crippen LogP contribution >= 0.6 is 22.9 Å². The zero-order chi connectivity index (χ0) is 18.8. The Kier molecular flexibility index (Phi) is 5.27. The van der Waals surface area contributed by atoms with E-state index in [2.05, 4.69) is 10.2 Å². The van der Waals surface area contributed by atoms with Gasteiger partial charge in [-0.2, -0.15) is 0 Å². The number of aromatic nitrogens is 1. The minimum atomic E-state index is -0.552. The van der Waals surface area contributed by atoms with Crippen molar-refractivity contribution in [3.8, 4) is 11.3 Å². The summed E-state index contributed by atoms with van der Waals surface area (Å²) in [7, 11) is 0. The number of morpholine rings is 1. The van der Waals surface area contributed by atoms with Crippen molar-refractivity contribution in [3.63, 3.8) is 0 Å². The lowest BCUT2D eigenvalue weighted by atomic mass is 10.1. The molecule has 0 aliphatic carbocycles. The smallest absolute Gasteiger partial charge is 0.250 e. The lowest BCUT2D eigenvalue weighted by Gasteiger charge is -2.28. The van der Waals surface area contributed by atoms with Crippen molar-refractivity contribution in [1.82, 2.24) is 4.98 Å². The molecular formula is C19H18ClN3O3S. The van der Waals surface area contributed by atoms with Gasteiger partial charge in [-0.25, -0.2) is 4.98 Å². The molecule has 0 radical (unpaired) electrons. The molecule has 2 aromatic heterocycles. The summed E-state index contributed by atoms with van der Waals surface area (Å²) in [6.07, 6.45) is 0. The highest BCUT2D eigenvalue weighted by Crippen LogP contribution is 2.38. The number of carbonyl (C=O) groups excluding carboxylic acids is 1. The van der Waals surface area contributed by atoms with Crippen molar-refractivity contribution < 1.29 is 14.6 Å². The number of fused-ring (bicyclic) bond motifs is 1. The highest BCUT2D eigenvalue weighted by Gasteiger charge is 2.19. The van der Waals surface area contributed by atoms with E-state index < -0.39 is 12.5 Å². The van der Waals surface area contributed by atoms with Crippen molar-refractivity contribution in [3.05, 3.63) is 40.7 Å². The molecule has 1 aliphatic heterocycles. The van der Waals surface area contributed by atoms with Gasteiger partial charge < -0.3 is 20.1 Å². The van der Waals surface area contributed by atoms with Gasteiger partial charge in [-0.15, -0.1) is 11.3 Å². The van der Waals surface area contributed by atoms with E-state index in [0.29, 0.717) is 18.9 Å². The lowest BCUT2D eigenvalue weighted by Crippen LogP contribution is -2.36. The lowest BCUT2D eigenvalue weighted by molar-refractivity contribution is -0.118. The third-order valence-corrected chi connectivity index (χ3v) is 5.57. The molecule has 0 unspecified atom stereocenters. The molecule has 1 fully saturated rings. The molecule has 4 rings (SSSR count). The molecule has 6 nitrogen and oxygen atoms in total. The first-order valence-electron chi connectivity index (χ1n) is 8.58. The van der Waals surface area contributed by atoms with E-state index in [0.717, 1.165) is 44.6 Å². The molecule has 0 atom stereocenters. The third-order valence-electron chi connectivity index (χ3n) is 4.36. The fourth-order valence-corrected chi connectivity index (χ4v) is 4.28. The van der Waals surface area contributed by atoms with E-state index in [-0.39, 0.29) is 0 Å². The normalized spacial score (nSPS) is 14.5. The molecule has 1 amide bonds. The molecule has 140 valence electrons. The number of anilines is 2. The van der Waals surface area contributed by atoms with Crippen molar-refractivity contribution in [1.29, 1.82) is 0 Å². The molecule has 3 aromatic rings. The number of benzene rings is 1. The minimum Gasteiger partial charge on any atom is -0.387 e. The van der Waals surface area contributed by atoms with Gasteiger partial charge in [0, 0.05) is 34.4 Å². The number of hydrogen-bond donors (Lipinski definition) is 2. The van der Waals surface area contributed by atoms with Crippen LogP contribution in [0.15, 0.2) is 36.4 Å². The van der Waals surface area contributed by atoms with Crippen LogP contribution in [0.4, 0.5) is 11.5 Å². The molecule has 1 aliphatic rings. The third kappa shape index (κ3) is 3.91. The van der Waals surface area contributed by atoms with Gasteiger partial charge >= 0.3 is 0 Å². The molecule has 2 N–H and O–H groups in total. The summed E-state index contributed by atoms with van der Waals surface area (Å²) in [5, 5.41) is 12.6. The average molecular weight is 404 g/mol. The number of nitrogens with one attached hydrogen (secondary N) is 1. The molecule has 1 saturated heterocycles. The van der Waals surface area contributed by atoms with Crippen LogP contribution in [0.2, 0.25) is 4.34 Å². The Balaban J connectivity index is 1.78. The molecule has 0 saturated carbocycles. The second-order valence-corrected chi connectivity index (χ2v) is 7.90. The Labute approximate surface area is 165 Å². The van der Waals surface area contributed by atoms with Crippen LogP contribution in [0.1, 0.15) is 0 Å². The van der Waals surface area contributed by atoms with Gasteiger partial charge in [-0.1, -0.05) is 23.7 Å². The van der Waals surface area contributed by atoms with Crippen LogP contribution in [0.3, 0.4) is 0 Å². The molecule has 1 aromatic carbocycles. The fourth-order valence-electron chi connectivity index (χ4n) is 3.11. The van der Waals surface area contributed by atoms with E-state index in [1.54, 1.807) is 6.07 Å². The first-order chi connectivity index (χ1) is 13.1. The van der Waals surface area contributed by atoms with Crippen molar-refractivity contribution in [2.45, 2.75) is 0 Å². The van der Waals surface area contributed by atoms with Crippen LogP contribution in [-0.4, -0.2) is 48.9 Å². The number of halogens is 1. The fraction of sp³-hybridized carbons (Fsp3) is 0.263. The van der Waals surface area contributed by atoms with Crippen molar-refractivity contribution in [2.24, 2.45) is 0 Å². The van der Waals surface area contributed by atoms with Crippen LogP contribution in [0.25, 0.3) is 21.3 Å². The number of aliphatic hydroxyl groups excluding tert-OH is 1. The molecule has 3 heterocycles. The number of hydrogen-bond acceptors (Lipinski definition) is 6. The maximum Gasteiger partial charge on any atom is 0.250 e. The van der Waals surface area contributed by atoms with Crippen LogP contribution in [0, 0.1) is 0 Å². The quantitative estimate of drug-likeness (QED) is 0.698. The number of carbonyl (C=O) groups is 1. The SMILES string of the molecule is O=C(CO)Nc1cccc(-c2cc3sc(Cl)cc3c(N3CCOCC3)n2)c1. The molecule has 8 heteroatoms. The zero-order valence-corrected chi connectivity index (χ0v) is 16.0. The number of aliphatic hydroxyl groups is 1. The van der Waals surface area contributed by atoms with Gasteiger partial charge in [-0.3, -0.25) is 4.79 Å². The Morgan fingerprint density at radius 3 is 2.89 bits per heavy atom. The summed E-state index contributed by atoms with van der Waals surface area (Å²) in [4.78, 5) is 18.6. The van der Waals surface area contributed by atoms with Crippen LogP contribution < -0.4 is 10.2 Å². The number of pyridine rings is 1. The molecular weight excluding hydrogens is 386 g/mol. The monoisotopic (exact) mass is 403 g/mol. The first-order valence-corrected chi connectivity index (χ1v) is 9.77. The standard InChI is InChI=1S/C19H18ClN3O3S/c20-17-9-14-16(27-17)10-15(22-19(14)23-4-6-26-7-5-23)12-2-1-3-13(8-12)21-18(25)11-24/h1-3,8-10,24H,4-7,11H2,(H,21,25). The Bertz CT molecular complexity index is 985. The predicted molar refractivity (Wildman–Crippen MR) is 109 cm³/mol. The Morgan fingerprint density at radius 2 is 2.11 bits per heavy atom. The molecule has 0 spiro atoms. The summed E-state index contributed by atoms with van der Waals surface area (Å²) in [6, 6.07) is 11.4. The van der Waals surface area contributed by atoms with Crippen molar-refractivity contribution >= 4 is 50.4 Å². The van der Waals surface area contributed by atoms with Crippen LogP contribution in [0.5, 0.6) is 0 Å². The van der Waals surface area contributed by atoms with E-state index in [1.807, 2.05) is 30.3 Å². The summed E-state index contributed by atoms with van der Waals surface area (Å²) >= 11 is 7.79. The molecule has 0 bridgehead atoms. The van der Waals surface area contributed by atoms with Gasteiger partial charge in [0.15, 0.2) is 0 Å². The minimum absolute atomic E-state index is 0.449. The van der Waals surface area contributed by atoms with Gasteiger partial charge in [0.05, 0.1) is 23.2 Å².